The molecule has 3 unspecified atom stereocenters. The first kappa shape index (κ1) is 28.8. The van der Waals surface area contributed by atoms with Gasteiger partial charge in [0, 0.05) is 6.42 Å². The summed E-state index contributed by atoms with van der Waals surface area (Å²) in [5.41, 5.74) is 5.62. The van der Waals surface area contributed by atoms with Gasteiger partial charge in [-0.25, -0.2) is 4.79 Å². The van der Waals surface area contributed by atoms with E-state index in [2.05, 4.69) is 26.1 Å². The maximum atomic E-state index is 12.7. The number of carboxylic acid groups (broad SMARTS) is 1. The van der Waals surface area contributed by atoms with E-state index in [4.69, 9.17) is 5.73 Å². The predicted octanol–water partition coefficient (Wildman–Crippen LogP) is 4.09. The number of unbranched alkanes of at least 4 members (excludes halogenated alkanes) is 1. The normalized spacial score (nSPS) is 42.7. The van der Waals surface area contributed by atoms with Crippen LogP contribution >= 0.6 is 0 Å². The molecule has 4 aliphatic carbocycles. The molecule has 212 valence electrons. The molecule has 6 N–H and O–H groups in total. The Hall–Kier alpha value is -1.18. The molecule has 7 nitrogen and oxygen atoms in total. The lowest BCUT2D eigenvalue weighted by atomic mass is 9.43. The van der Waals surface area contributed by atoms with E-state index < -0.39 is 12.0 Å². The molecule has 0 radical (unpaired) electrons. The highest BCUT2D eigenvalue weighted by Gasteiger charge is 2.63. The van der Waals surface area contributed by atoms with Crippen molar-refractivity contribution in [2.24, 2.45) is 52.1 Å². The molecule has 0 aromatic carbocycles. The van der Waals surface area contributed by atoms with Gasteiger partial charge in [-0.05, 0) is 130 Å². The van der Waals surface area contributed by atoms with Gasteiger partial charge in [-0.15, -0.1) is 0 Å². The number of hydrogen-bond donors (Lipinski definition) is 5. The van der Waals surface area contributed by atoms with E-state index in [9.17, 15) is 24.9 Å². The Bertz CT molecular complexity index is 822. The van der Waals surface area contributed by atoms with Crippen molar-refractivity contribution in [1.82, 2.24) is 5.32 Å². The Labute approximate surface area is 223 Å². The predicted molar refractivity (Wildman–Crippen MR) is 143 cm³/mol. The summed E-state index contributed by atoms with van der Waals surface area (Å²) < 4.78 is 0. The molecule has 4 saturated carbocycles. The smallest absolute Gasteiger partial charge is 0.326 e. The van der Waals surface area contributed by atoms with Crippen LogP contribution in [0.3, 0.4) is 0 Å². The van der Waals surface area contributed by atoms with Crippen molar-refractivity contribution in [2.75, 3.05) is 6.54 Å². The van der Waals surface area contributed by atoms with Gasteiger partial charge in [-0.1, -0.05) is 20.8 Å². The van der Waals surface area contributed by atoms with Crippen molar-refractivity contribution < 1.29 is 24.9 Å². The third kappa shape index (κ3) is 5.47. The minimum Gasteiger partial charge on any atom is -0.480 e. The van der Waals surface area contributed by atoms with Crippen LogP contribution in [0.25, 0.3) is 0 Å². The van der Waals surface area contributed by atoms with Gasteiger partial charge in [-0.3, -0.25) is 4.79 Å². The Morgan fingerprint density at radius 2 is 1.76 bits per heavy atom. The molecule has 4 rings (SSSR count). The summed E-state index contributed by atoms with van der Waals surface area (Å²) >= 11 is 0. The summed E-state index contributed by atoms with van der Waals surface area (Å²) in [4.78, 5) is 24.2. The van der Waals surface area contributed by atoms with E-state index in [-0.39, 0.29) is 28.9 Å². The van der Waals surface area contributed by atoms with Crippen LogP contribution in [0, 0.1) is 46.3 Å². The molecule has 37 heavy (non-hydrogen) atoms. The van der Waals surface area contributed by atoms with Crippen LogP contribution in [-0.2, 0) is 9.59 Å². The first-order valence-electron chi connectivity index (χ1n) is 15.1. The zero-order valence-electron chi connectivity index (χ0n) is 23.3. The lowest BCUT2D eigenvalue weighted by molar-refractivity contribution is -0.175. The zero-order chi connectivity index (χ0) is 27.0. The molecule has 4 fully saturated rings. The largest absolute Gasteiger partial charge is 0.480 e. The molecule has 0 aliphatic heterocycles. The van der Waals surface area contributed by atoms with Gasteiger partial charge in [0.25, 0.3) is 0 Å². The Morgan fingerprint density at radius 1 is 1.00 bits per heavy atom. The summed E-state index contributed by atoms with van der Waals surface area (Å²) in [6, 6.07) is -0.850. The van der Waals surface area contributed by atoms with Gasteiger partial charge in [0.2, 0.25) is 5.91 Å². The number of nitrogens with two attached hydrogens (primary N) is 1. The van der Waals surface area contributed by atoms with Crippen molar-refractivity contribution in [1.29, 1.82) is 0 Å². The number of aliphatic hydroxyl groups is 2. The zero-order valence-corrected chi connectivity index (χ0v) is 23.3. The van der Waals surface area contributed by atoms with Crippen LogP contribution in [0.2, 0.25) is 0 Å². The minimum atomic E-state index is -0.986. The van der Waals surface area contributed by atoms with E-state index in [1.165, 1.54) is 12.8 Å². The summed E-state index contributed by atoms with van der Waals surface area (Å²) in [7, 11) is 0. The van der Waals surface area contributed by atoms with Crippen molar-refractivity contribution in [3.05, 3.63) is 0 Å². The highest BCUT2D eigenvalue weighted by Crippen LogP contribution is 2.68. The molecule has 7 heteroatoms. The van der Waals surface area contributed by atoms with E-state index >= 15 is 0 Å². The van der Waals surface area contributed by atoms with E-state index in [1.54, 1.807) is 0 Å². The second-order valence-electron chi connectivity index (χ2n) is 13.6. The van der Waals surface area contributed by atoms with Crippen molar-refractivity contribution in [3.8, 4) is 0 Å². The first-order valence-corrected chi connectivity index (χ1v) is 15.1. The van der Waals surface area contributed by atoms with Crippen molar-refractivity contribution in [2.45, 2.75) is 122 Å². The molecule has 4 aliphatic rings. The van der Waals surface area contributed by atoms with Crippen LogP contribution in [0.5, 0.6) is 0 Å². The maximum Gasteiger partial charge on any atom is 0.326 e. The Morgan fingerprint density at radius 3 is 2.46 bits per heavy atom. The number of aliphatic carboxylic acids is 1. The number of aliphatic hydroxyl groups excluding tert-OH is 2. The van der Waals surface area contributed by atoms with Gasteiger partial charge in [0.1, 0.15) is 6.04 Å². The molecule has 11 atom stereocenters. The second-order valence-corrected chi connectivity index (χ2v) is 13.6. The number of hydrogen-bond acceptors (Lipinski definition) is 5. The molecule has 0 heterocycles. The number of fused-ring (bicyclic) bond motifs is 5. The average molecular weight is 521 g/mol. The SMILES string of the molecule is C[C@H](CCC(=O)NC(CCCCN)C(=O)O)[C@H]1CC[C@H]2[C@@H]3CCC4C[C@H](O)CCC4(C)[C@H]3C[C@H](O)[C@]12C. The average Bonchev–Trinajstić information content (AvgIpc) is 3.22. The fourth-order valence-electron chi connectivity index (χ4n) is 9.74. The van der Waals surface area contributed by atoms with Crippen LogP contribution in [0.1, 0.15) is 104 Å². The number of carbonyl (C=O) groups is 2. The van der Waals surface area contributed by atoms with Crippen LogP contribution < -0.4 is 11.1 Å². The lowest BCUT2D eigenvalue weighted by Crippen LogP contribution is -2.58. The standard InChI is InChI=1S/C30H52N2O5/c1-18(7-12-27(35)32-25(28(36)37)6-4-5-15-31)22-10-11-23-21-9-8-19-16-20(33)13-14-29(19,2)24(21)17-26(34)30(22,23)3/h18-26,33-34H,4-17,31H2,1-3H3,(H,32,35)(H,36,37)/t18-,19?,20-,21+,22-,23+,24+,25?,26+,29?,30-/m1/s1. The number of rotatable bonds is 10. The quantitative estimate of drug-likeness (QED) is 0.276. The molecule has 1 amide bonds. The highest BCUT2D eigenvalue weighted by molar-refractivity contribution is 5.83. The summed E-state index contributed by atoms with van der Waals surface area (Å²) in [6.07, 6.45) is 10.8. The monoisotopic (exact) mass is 520 g/mol. The number of carboxylic acids is 1. The Kier molecular flexibility index (Phi) is 8.97. The molecule has 0 saturated heterocycles. The molecular formula is C30H52N2O5. The van der Waals surface area contributed by atoms with Gasteiger partial charge in [0.15, 0.2) is 0 Å². The number of carbonyl (C=O) groups excluding carboxylic acids is 1. The van der Waals surface area contributed by atoms with Gasteiger partial charge >= 0.3 is 5.97 Å². The number of amides is 1. The van der Waals surface area contributed by atoms with Gasteiger partial charge in [0.05, 0.1) is 12.2 Å². The third-order valence-electron chi connectivity index (χ3n) is 11.9. The summed E-state index contributed by atoms with van der Waals surface area (Å²) in [5, 5.41) is 34.2. The fraction of sp³-hybridized carbons (Fsp3) is 0.933. The fourth-order valence-corrected chi connectivity index (χ4v) is 9.74. The van der Waals surface area contributed by atoms with Crippen LogP contribution in [0.4, 0.5) is 0 Å². The van der Waals surface area contributed by atoms with E-state index in [1.807, 2.05) is 0 Å². The summed E-state index contributed by atoms with van der Waals surface area (Å²) in [5.74, 6) is 1.78. The third-order valence-corrected chi connectivity index (χ3v) is 11.9. The van der Waals surface area contributed by atoms with Gasteiger partial charge < -0.3 is 26.4 Å². The molecule has 0 bridgehead atoms. The van der Waals surface area contributed by atoms with E-state index in [0.29, 0.717) is 67.7 Å². The lowest BCUT2D eigenvalue weighted by Gasteiger charge is -2.62. The highest BCUT2D eigenvalue weighted by atomic mass is 16.4. The number of nitrogens with one attached hydrogen (secondary N) is 1. The van der Waals surface area contributed by atoms with Crippen LogP contribution in [-0.4, -0.2) is 52.0 Å². The maximum absolute atomic E-state index is 12.7. The van der Waals surface area contributed by atoms with E-state index in [0.717, 1.165) is 44.9 Å². The molecule has 0 aromatic rings. The molecule has 0 aromatic heterocycles. The Balaban J connectivity index is 1.37. The summed E-state index contributed by atoms with van der Waals surface area (Å²) in [6.45, 7) is 7.52. The topological polar surface area (TPSA) is 133 Å². The van der Waals surface area contributed by atoms with Gasteiger partial charge in [-0.2, -0.15) is 0 Å². The first-order chi connectivity index (χ1) is 17.5. The van der Waals surface area contributed by atoms with Crippen molar-refractivity contribution in [3.63, 3.8) is 0 Å². The van der Waals surface area contributed by atoms with Crippen molar-refractivity contribution >= 4 is 11.9 Å². The molecule has 0 spiro atoms. The minimum absolute atomic E-state index is 0.125. The van der Waals surface area contributed by atoms with Crippen LogP contribution in [0.15, 0.2) is 0 Å². The second kappa shape index (κ2) is 11.5. The molecular weight excluding hydrogens is 468 g/mol.